The molecule has 2 aliphatic rings. The van der Waals surface area contributed by atoms with Gasteiger partial charge in [0.05, 0.1) is 6.04 Å². The van der Waals surface area contributed by atoms with Gasteiger partial charge in [-0.25, -0.2) is 4.99 Å². The van der Waals surface area contributed by atoms with Crippen molar-refractivity contribution < 1.29 is 4.74 Å². The highest BCUT2D eigenvalue weighted by molar-refractivity contribution is 14.0. The largest absolute Gasteiger partial charge is 0.453 e. The summed E-state index contributed by atoms with van der Waals surface area (Å²) in [5.74, 6) is 1.72. The van der Waals surface area contributed by atoms with Crippen LogP contribution in [-0.4, -0.2) is 42.8 Å². The number of aliphatic imine (C=N–C) groups is 1. The molecule has 1 aliphatic carbocycles. The number of fused-ring (bicyclic) bond motifs is 2. The molecule has 4 nitrogen and oxygen atoms in total. The highest BCUT2D eigenvalue weighted by Crippen LogP contribution is 2.38. The molecule has 136 valence electrons. The van der Waals surface area contributed by atoms with Crippen molar-refractivity contribution in [3.63, 3.8) is 0 Å². The maximum absolute atomic E-state index is 6.21. The van der Waals surface area contributed by atoms with Gasteiger partial charge in [0.1, 0.15) is 11.4 Å². The second kappa shape index (κ2) is 8.85. The molecule has 0 saturated heterocycles. The van der Waals surface area contributed by atoms with E-state index >= 15 is 0 Å². The number of ether oxygens (including phenoxy) is 1. The van der Waals surface area contributed by atoms with Gasteiger partial charge < -0.3 is 9.64 Å². The molecule has 1 heterocycles. The Balaban J connectivity index is 0.00000225. The van der Waals surface area contributed by atoms with Crippen LogP contribution in [0, 0.1) is 0 Å². The van der Waals surface area contributed by atoms with Crippen molar-refractivity contribution in [1.82, 2.24) is 4.90 Å². The number of rotatable bonds is 6. The van der Waals surface area contributed by atoms with Crippen LogP contribution in [0.2, 0.25) is 0 Å². The first-order valence-corrected chi connectivity index (χ1v) is 9.00. The maximum atomic E-state index is 6.21. The fourth-order valence-corrected chi connectivity index (χ4v) is 3.33. The van der Waals surface area contributed by atoms with Gasteiger partial charge in [0.15, 0.2) is 11.5 Å². The third-order valence-corrected chi connectivity index (χ3v) is 4.79. The van der Waals surface area contributed by atoms with E-state index in [-0.39, 0.29) is 30.0 Å². The van der Waals surface area contributed by atoms with Crippen LogP contribution >= 0.6 is 24.0 Å². The highest BCUT2D eigenvalue weighted by atomic mass is 127. The van der Waals surface area contributed by atoms with Crippen LogP contribution in [0.25, 0.3) is 0 Å². The zero-order valence-electron chi connectivity index (χ0n) is 15.5. The molecule has 0 radical (unpaired) electrons. The van der Waals surface area contributed by atoms with Crippen molar-refractivity contribution in [2.45, 2.75) is 33.7 Å². The van der Waals surface area contributed by atoms with Crippen LogP contribution in [0.5, 0.6) is 5.75 Å². The van der Waals surface area contributed by atoms with E-state index in [9.17, 15) is 0 Å². The second-order valence-electron chi connectivity index (χ2n) is 6.03. The van der Waals surface area contributed by atoms with Crippen LogP contribution in [0.15, 0.2) is 47.2 Å². The summed E-state index contributed by atoms with van der Waals surface area (Å²) in [4.78, 5) is 9.47. The Morgan fingerprint density at radius 3 is 2.40 bits per heavy atom. The molecule has 25 heavy (non-hydrogen) atoms. The van der Waals surface area contributed by atoms with E-state index in [2.05, 4.69) is 73.9 Å². The maximum Gasteiger partial charge on any atom is 0.155 e. The minimum absolute atomic E-state index is 0. The summed E-state index contributed by atoms with van der Waals surface area (Å²) in [6.45, 7) is 12.7. The molecule has 3 rings (SSSR count). The van der Waals surface area contributed by atoms with Crippen molar-refractivity contribution in [2.24, 2.45) is 4.99 Å². The van der Waals surface area contributed by atoms with Crippen molar-refractivity contribution in [3.05, 3.63) is 42.2 Å². The van der Waals surface area contributed by atoms with Crippen molar-refractivity contribution in [2.75, 3.05) is 31.1 Å². The van der Waals surface area contributed by atoms with Crippen molar-refractivity contribution in [1.29, 1.82) is 0 Å². The molecule has 0 aromatic heterocycles. The van der Waals surface area contributed by atoms with E-state index < -0.39 is 0 Å². The monoisotopic (exact) mass is 453 g/mol. The van der Waals surface area contributed by atoms with E-state index in [4.69, 9.17) is 9.73 Å². The molecule has 0 N–H and O–H groups in total. The van der Waals surface area contributed by atoms with Crippen LogP contribution < -0.4 is 9.64 Å². The lowest BCUT2D eigenvalue weighted by Gasteiger charge is -2.29. The number of allylic oxidation sites excluding steroid dienone is 1. The standard InChI is InChI=1S/C20H27N3O.HI/c1-5-22(6-2)15-9-11-17-19(13-15)24-20-14-16(23(7-3)8-4)10-12-18(20)21-17;/h9-15H,5-8H2,1-4H3;1H. The SMILES string of the molecule is CCN(CC)c1ccc2c(c1)OC1=CC(N(CC)CC)C=CC1=N2.I. The predicted octanol–water partition coefficient (Wildman–Crippen LogP) is 4.78. The van der Waals surface area contributed by atoms with Crippen molar-refractivity contribution in [3.8, 4) is 5.75 Å². The second-order valence-corrected chi connectivity index (χ2v) is 6.03. The Labute approximate surface area is 168 Å². The van der Waals surface area contributed by atoms with Gasteiger partial charge in [-0.3, -0.25) is 4.90 Å². The quantitative estimate of drug-likeness (QED) is 0.581. The lowest BCUT2D eigenvalue weighted by Crippen LogP contribution is -2.35. The molecular formula is C20H28IN3O. The molecule has 0 fully saturated rings. The van der Waals surface area contributed by atoms with Gasteiger partial charge in [0, 0.05) is 24.8 Å². The Hall–Kier alpha value is -1.34. The molecule has 0 amide bonds. The van der Waals surface area contributed by atoms with Gasteiger partial charge in [0.25, 0.3) is 0 Å². The van der Waals surface area contributed by atoms with Crippen LogP contribution in [0.3, 0.4) is 0 Å². The topological polar surface area (TPSA) is 28.1 Å². The van der Waals surface area contributed by atoms with E-state index in [1.165, 1.54) is 5.69 Å². The number of benzene rings is 1. The van der Waals surface area contributed by atoms with E-state index in [1.807, 2.05) is 0 Å². The zero-order valence-corrected chi connectivity index (χ0v) is 17.9. The Kier molecular flexibility index (Phi) is 7.07. The molecule has 0 bridgehead atoms. The summed E-state index contributed by atoms with van der Waals surface area (Å²) in [5.41, 5.74) is 3.01. The normalized spacial score (nSPS) is 17.7. The molecule has 0 spiro atoms. The summed E-state index contributed by atoms with van der Waals surface area (Å²) in [5, 5.41) is 0. The summed E-state index contributed by atoms with van der Waals surface area (Å²) in [6, 6.07) is 6.56. The van der Waals surface area contributed by atoms with Gasteiger partial charge in [-0.05, 0) is 51.2 Å². The van der Waals surface area contributed by atoms with Crippen LogP contribution in [-0.2, 0) is 0 Å². The van der Waals surface area contributed by atoms with Gasteiger partial charge in [-0.2, -0.15) is 0 Å². The summed E-state index contributed by atoms with van der Waals surface area (Å²) < 4.78 is 6.21. The van der Waals surface area contributed by atoms with E-state index in [0.29, 0.717) is 0 Å². The lowest BCUT2D eigenvalue weighted by atomic mass is 10.0. The first-order valence-electron chi connectivity index (χ1n) is 9.00. The summed E-state index contributed by atoms with van der Waals surface area (Å²) in [6.07, 6.45) is 6.46. The minimum Gasteiger partial charge on any atom is -0.453 e. The van der Waals surface area contributed by atoms with Gasteiger partial charge in [-0.15, -0.1) is 24.0 Å². The lowest BCUT2D eigenvalue weighted by molar-refractivity contribution is 0.283. The smallest absolute Gasteiger partial charge is 0.155 e. The van der Waals surface area contributed by atoms with Gasteiger partial charge in [-0.1, -0.05) is 19.9 Å². The molecule has 5 heteroatoms. The molecule has 1 unspecified atom stereocenters. The minimum atomic E-state index is 0. The Bertz CT molecular complexity index is 688. The number of likely N-dealkylation sites (N-methyl/N-ethyl adjacent to an activating group) is 1. The fraction of sp³-hybridized carbons (Fsp3) is 0.450. The third kappa shape index (κ3) is 4.08. The Morgan fingerprint density at radius 1 is 1.04 bits per heavy atom. The zero-order chi connectivity index (χ0) is 17.1. The number of hydrogen-bond donors (Lipinski definition) is 0. The first kappa shape index (κ1) is 20.0. The molecule has 1 aromatic rings. The third-order valence-electron chi connectivity index (χ3n) is 4.79. The summed E-state index contributed by atoms with van der Waals surface area (Å²) >= 11 is 0. The van der Waals surface area contributed by atoms with E-state index in [0.717, 1.165) is 49.1 Å². The molecular weight excluding hydrogens is 425 g/mol. The Morgan fingerprint density at radius 2 is 1.76 bits per heavy atom. The number of halogens is 1. The van der Waals surface area contributed by atoms with E-state index in [1.54, 1.807) is 0 Å². The van der Waals surface area contributed by atoms with Crippen LogP contribution in [0.4, 0.5) is 11.4 Å². The first-order chi connectivity index (χ1) is 11.7. The van der Waals surface area contributed by atoms with Gasteiger partial charge in [0.2, 0.25) is 0 Å². The average Bonchev–Trinajstić information content (AvgIpc) is 2.62. The summed E-state index contributed by atoms with van der Waals surface area (Å²) in [7, 11) is 0. The molecule has 0 saturated carbocycles. The number of nitrogens with zero attached hydrogens (tertiary/aromatic N) is 3. The number of anilines is 1. The highest BCUT2D eigenvalue weighted by Gasteiger charge is 2.24. The molecule has 1 atom stereocenters. The van der Waals surface area contributed by atoms with Crippen LogP contribution in [0.1, 0.15) is 27.7 Å². The number of hydrogen-bond acceptors (Lipinski definition) is 4. The fourth-order valence-electron chi connectivity index (χ4n) is 3.33. The average molecular weight is 453 g/mol. The molecule has 1 aromatic carbocycles. The van der Waals surface area contributed by atoms with Crippen molar-refractivity contribution >= 4 is 41.1 Å². The predicted molar refractivity (Wildman–Crippen MR) is 117 cm³/mol. The molecule has 1 aliphatic heterocycles. The van der Waals surface area contributed by atoms with Gasteiger partial charge >= 0.3 is 0 Å².